The molecule has 5 heteroatoms. The van der Waals surface area contributed by atoms with E-state index in [2.05, 4.69) is 10.3 Å². The van der Waals surface area contributed by atoms with Crippen molar-refractivity contribution in [1.29, 1.82) is 0 Å². The molecule has 0 spiro atoms. The molecule has 5 nitrogen and oxygen atoms in total. The van der Waals surface area contributed by atoms with Crippen LogP contribution in [-0.4, -0.2) is 40.1 Å². The maximum absolute atomic E-state index is 12.4. The monoisotopic (exact) mass is 327 g/mol. The number of aromatic nitrogens is 1. The number of carbonyl (C=O) groups is 1. The molecule has 0 aliphatic carbocycles. The van der Waals surface area contributed by atoms with Crippen molar-refractivity contribution in [3.05, 3.63) is 65.5 Å². The largest absolute Gasteiger partial charge is 0.395 e. The number of aryl methyl sites for hydroxylation is 1. The van der Waals surface area contributed by atoms with Gasteiger partial charge in [0.25, 0.3) is 0 Å². The molecule has 1 atom stereocenters. The summed E-state index contributed by atoms with van der Waals surface area (Å²) in [6.45, 7) is 5.42. The van der Waals surface area contributed by atoms with Gasteiger partial charge in [-0.1, -0.05) is 35.9 Å². The first-order valence-electron chi connectivity index (χ1n) is 8.17. The van der Waals surface area contributed by atoms with Crippen molar-refractivity contribution >= 4 is 5.91 Å². The van der Waals surface area contributed by atoms with Gasteiger partial charge in [0, 0.05) is 32.0 Å². The minimum absolute atomic E-state index is 0.00977. The lowest BCUT2D eigenvalue weighted by Gasteiger charge is -2.27. The minimum Gasteiger partial charge on any atom is -0.395 e. The Kier molecular flexibility index (Phi) is 6.90. The van der Waals surface area contributed by atoms with Crippen LogP contribution in [0.25, 0.3) is 0 Å². The molecule has 1 heterocycles. The summed E-state index contributed by atoms with van der Waals surface area (Å²) in [7, 11) is 0. The van der Waals surface area contributed by atoms with Gasteiger partial charge in [-0.25, -0.2) is 0 Å². The number of carbonyl (C=O) groups excluding carboxylic acids is 1. The molecule has 128 valence electrons. The van der Waals surface area contributed by atoms with Crippen molar-refractivity contribution < 1.29 is 9.90 Å². The molecule has 1 aromatic heterocycles. The Morgan fingerprint density at radius 1 is 1.25 bits per heavy atom. The van der Waals surface area contributed by atoms with E-state index in [0.717, 1.165) is 11.1 Å². The van der Waals surface area contributed by atoms with E-state index in [1.807, 2.05) is 55.1 Å². The number of nitrogens with one attached hydrogen (secondary N) is 1. The SMILES string of the molecule is Cc1ccc(CNC(=O)C(C)N(CCO)Cc2cccnc2)cc1. The Balaban J connectivity index is 1.93. The Labute approximate surface area is 143 Å². The standard InChI is InChI=1S/C19H25N3O2/c1-15-5-7-17(8-6-15)13-21-19(24)16(2)22(10-11-23)14-18-4-3-9-20-12-18/h3-9,12,16,23H,10-11,13-14H2,1-2H3,(H,21,24). The van der Waals surface area contributed by atoms with Crippen LogP contribution in [0.2, 0.25) is 0 Å². The van der Waals surface area contributed by atoms with Crippen LogP contribution in [0.15, 0.2) is 48.8 Å². The van der Waals surface area contributed by atoms with Crippen molar-refractivity contribution in [1.82, 2.24) is 15.2 Å². The van der Waals surface area contributed by atoms with Crippen LogP contribution in [0.5, 0.6) is 0 Å². The molecule has 2 N–H and O–H groups in total. The normalized spacial score (nSPS) is 12.2. The van der Waals surface area contributed by atoms with E-state index in [1.165, 1.54) is 5.56 Å². The molecular formula is C19H25N3O2. The highest BCUT2D eigenvalue weighted by Gasteiger charge is 2.21. The average Bonchev–Trinajstić information content (AvgIpc) is 2.61. The highest BCUT2D eigenvalue weighted by molar-refractivity contribution is 5.81. The van der Waals surface area contributed by atoms with Crippen LogP contribution in [0.1, 0.15) is 23.6 Å². The minimum atomic E-state index is -0.331. The van der Waals surface area contributed by atoms with Gasteiger partial charge in [-0.3, -0.25) is 14.7 Å². The van der Waals surface area contributed by atoms with E-state index in [-0.39, 0.29) is 18.6 Å². The van der Waals surface area contributed by atoms with Gasteiger partial charge in [-0.05, 0) is 31.0 Å². The molecule has 0 aliphatic heterocycles. The van der Waals surface area contributed by atoms with Gasteiger partial charge in [0.05, 0.1) is 12.6 Å². The topological polar surface area (TPSA) is 65.5 Å². The van der Waals surface area contributed by atoms with Crippen LogP contribution in [0, 0.1) is 6.92 Å². The summed E-state index contributed by atoms with van der Waals surface area (Å²) in [5, 5.41) is 12.3. The third-order valence-electron chi connectivity index (χ3n) is 4.01. The molecule has 0 fully saturated rings. The smallest absolute Gasteiger partial charge is 0.237 e. The molecule has 0 saturated carbocycles. The van der Waals surface area contributed by atoms with E-state index < -0.39 is 0 Å². The second kappa shape index (κ2) is 9.15. The van der Waals surface area contributed by atoms with Crippen molar-refractivity contribution in [2.24, 2.45) is 0 Å². The first-order chi connectivity index (χ1) is 11.6. The summed E-state index contributed by atoms with van der Waals surface area (Å²) in [5.74, 6) is -0.0482. The Hall–Kier alpha value is -2.24. The van der Waals surface area contributed by atoms with Gasteiger partial charge in [0.15, 0.2) is 0 Å². The zero-order valence-corrected chi connectivity index (χ0v) is 14.3. The third kappa shape index (κ3) is 5.44. The Bertz CT molecular complexity index is 629. The maximum atomic E-state index is 12.4. The lowest BCUT2D eigenvalue weighted by Crippen LogP contribution is -2.45. The quantitative estimate of drug-likeness (QED) is 0.777. The van der Waals surface area contributed by atoms with E-state index in [9.17, 15) is 9.90 Å². The van der Waals surface area contributed by atoms with Gasteiger partial charge < -0.3 is 10.4 Å². The van der Waals surface area contributed by atoms with Gasteiger partial charge in [0.1, 0.15) is 0 Å². The Morgan fingerprint density at radius 2 is 2.00 bits per heavy atom. The molecule has 2 rings (SSSR count). The first-order valence-corrected chi connectivity index (χ1v) is 8.17. The second-order valence-corrected chi connectivity index (χ2v) is 5.93. The van der Waals surface area contributed by atoms with E-state index >= 15 is 0 Å². The molecule has 0 saturated heterocycles. The van der Waals surface area contributed by atoms with Crippen LogP contribution in [0.4, 0.5) is 0 Å². The second-order valence-electron chi connectivity index (χ2n) is 5.93. The maximum Gasteiger partial charge on any atom is 0.237 e. The lowest BCUT2D eigenvalue weighted by molar-refractivity contribution is -0.126. The predicted molar refractivity (Wildman–Crippen MR) is 94.2 cm³/mol. The lowest BCUT2D eigenvalue weighted by atomic mass is 10.1. The van der Waals surface area contributed by atoms with Crippen LogP contribution in [0.3, 0.4) is 0 Å². The van der Waals surface area contributed by atoms with Crippen LogP contribution >= 0.6 is 0 Å². The summed E-state index contributed by atoms with van der Waals surface area (Å²) in [6.07, 6.45) is 3.50. The molecule has 0 aliphatic rings. The summed E-state index contributed by atoms with van der Waals surface area (Å²) >= 11 is 0. The molecule has 24 heavy (non-hydrogen) atoms. The number of rotatable bonds is 8. The fraction of sp³-hybridized carbons (Fsp3) is 0.368. The average molecular weight is 327 g/mol. The molecule has 0 radical (unpaired) electrons. The van der Waals surface area contributed by atoms with Crippen LogP contribution < -0.4 is 5.32 Å². The van der Waals surface area contributed by atoms with Gasteiger partial charge in [-0.15, -0.1) is 0 Å². The molecule has 1 aromatic carbocycles. The van der Waals surface area contributed by atoms with Crippen LogP contribution in [-0.2, 0) is 17.9 Å². The zero-order chi connectivity index (χ0) is 17.4. The van der Waals surface area contributed by atoms with Gasteiger partial charge in [0.2, 0.25) is 5.91 Å². The summed E-state index contributed by atoms with van der Waals surface area (Å²) < 4.78 is 0. The van der Waals surface area contributed by atoms with Gasteiger partial charge >= 0.3 is 0 Å². The highest BCUT2D eigenvalue weighted by Crippen LogP contribution is 2.08. The highest BCUT2D eigenvalue weighted by atomic mass is 16.3. The summed E-state index contributed by atoms with van der Waals surface area (Å²) in [4.78, 5) is 18.5. The van der Waals surface area contributed by atoms with E-state index in [1.54, 1.807) is 12.4 Å². The number of hydrogen-bond acceptors (Lipinski definition) is 4. The van der Waals surface area contributed by atoms with Crippen molar-refractivity contribution in [3.63, 3.8) is 0 Å². The predicted octanol–water partition coefficient (Wildman–Crippen LogP) is 1.89. The number of pyridine rings is 1. The number of amides is 1. The number of nitrogens with zero attached hydrogens (tertiary/aromatic N) is 2. The number of hydrogen-bond donors (Lipinski definition) is 2. The fourth-order valence-corrected chi connectivity index (χ4v) is 2.47. The van der Waals surface area contributed by atoms with Crippen molar-refractivity contribution in [3.8, 4) is 0 Å². The third-order valence-corrected chi connectivity index (χ3v) is 4.01. The van der Waals surface area contributed by atoms with E-state index in [0.29, 0.717) is 19.6 Å². The number of aliphatic hydroxyl groups excluding tert-OH is 1. The molecule has 0 bridgehead atoms. The zero-order valence-electron chi connectivity index (χ0n) is 14.3. The molecule has 2 aromatic rings. The van der Waals surface area contributed by atoms with Crippen molar-refractivity contribution in [2.75, 3.05) is 13.2 Å². The fourth-order valence-electron chi connectivity index (χ4n) is 2.47. The van der Waals surface area contributed by atoms with E-state index in [4.69, 9.17) is 0 Å². The van der Waals surface area contributed by atoms with Gasteiger partial charge in [-0.2, -0.15) is 0 Å². The molecule has 1 amide bonds. The summed E-state index contributed by atoms with van der Waals surface area (Å²) in [5.41, 5.74) is 3.29. The summed E-state index contributed by atoms with van der Waals surface area (Å²) in [6, 6.07) is 11.6. The number of aliphatic hydroxyl groups is 1. The Morgan fingerprint density at radius 3 is 2.62 bits per heavy atom. The first kappa shape index (κ1) is 18.1. The number of benzene rings is 1. The molecule has 1 unspecified atom stereocenters. The molecular weight excluding hydrogens is 302 g/mol. The van der Waals surface area contributed by atoms with Crippen molar-refractivity contribution in [2.45, 2.75) is 33.0 Å².